The Labute approximate surface area is 125 Å². The molecule has 5 nitrogen and oxygen atoms in total. The second-order valence-corrected chi connectivity index (χ2v) is 5.41. The van der Waals surface area contributed by atoms with E-state index in [-0.39, 0.29) is 24.5 Å². The highest BCUT2D eigenvalue weighted by molar-refractivity contribution is 5.78. The number of piperidine rings is 1. The van der Waals surface area contributed by atoms with Gasteiger partial charge in [0.2, 0.25) is 5.91 Å². The van der Waals surface area contributed by atoms with E-state index in [4.69, 9.17) is 4.74 Å². The Morgan fingerprint density at radius 2 is 1.95 bits per heavy atom. The molecule has 0 radical (unpaired) electrons. The van der Waals surface area contributed by atoms with E-state index in [1.165, 1.54) is 6.92 Å². The molecule has 1 N–H and O–H groups in total. The van der Waals surface area contributed by atoms with Crippen molar-refractivity contribution in [3.8, 4) is 5.75 Å². The number of carbonyl (C=O) groups excluding carboxylic acids is 2. The van der Waals surface area contributed by atoms with E-state index in [1.807, 2.05) is 31.2 Å². The molecule has 5 heteroatoms. The minimum absolute atomic E-state index is 0.000437. The Morgan fingerprint density at radius 3 is 2.57 bits per heavy atom. The largest absolute Gasteiger partial charge is 0.484 e. The van der Waals surface area contributed by atoms with E-state index in [9.17, 15) is 9.59 Å². The summed E-state index contributed by atoms with van der Waals surface area (Å²) in [4.78, 5) is 24.9. The van der Waals surface area contributed by atoms with Gasteiger partial charge in [-0.25, -0.2) is 0 Å². The maximum Gasteiger partial charge on any atom is 0.260 e. The molecule has 0 bridgehead atoms. The molecule has 1 aromatic carbocycles. The second-order valence-electron chi connectivity index (χ2n) is 5.41. The minimum atomic E-state index is -0.0114. The molecule has 0 atom stereocenters. The zero-order valence-electron chi connectivity index (χ0n) is 12.6. The highest BCUT2D eigenvalue weighted by Gasteiger charge is 2.23. The van der Waals surface area contributed by atoms with E-state index in [0.717, 1.165) is 24.2 Å². The minimum Gasteiger partial charge on any atom is -0.484 e. The van der Waals surface area contributed by atoms with E-state index in [1.54, 1.807) is 4.90 Å². The maximum atomic E-state index is 12.1. The molecule has 1 heterocycles. The third kappa shape index (κ3) is 4.48. The summed E-state index contributed by atoms with van der Waals surface area (Å²) in [6.45, 7) is 4.88. The summed E-state index contributed by atoms with van der Waals surface area (Å²) < 4.78 is 5.58. The fraction of sp³-hybridized carbons (Fsp3) is 0.500. The van der Waals surface area contributed by atoms with Gasteiger partial charge in [0.15, 0.2) is 6.61 Å². The SMILES string of the molecule is CC(=O)NC1CCN(C(=O)COc2ccccc2C)CC1. The number of aryl methyl sites for hydroxylation is 1. The average Bonchev–Trinajstić information content (AvgIpc) is 2.46. The number of carbonyl (C=O) groups is 2. The number of ether oxygens (including phenoxy) is 1. The van der Waals surface area contributed by atoms with Gasteiger partial charge in [-0.2, -0.15) is 0 Å². The van der Waals surface area contributed by atoms with E-state index >= 15 is 0 Å². The lowest BCUT2D eigenvalue weighted by molar-refractivity contribution is -0.134. The summed E-state index contributed by atoms with van der Waals surface area (Å²) >= 11 is 0. The molecule has 0 aromatic heterocycles. The fourth-order valence-electron chi connectivity index (χ4n) is 2.51. The number of amides is 2. The van der Waals surface area contributed by atoms with Crippen LogP contribution in [0.4, 0.5) is 0 Å². The molecular weight excluding hydrogens is 268 g/mol. The van der Waals surface area contributed by atoms with Crippen molar-refractivity contribution in [3.63, 3.8) is 0 Å². The number of hydrogen-bond donors (Lipinski definition) is 1. The van der Waals surface area contributed by atoms with Crippen LogP contribution in [-0.2, 0) is 9.59 Å². The monoisotopic (exact) mass is 290 g/mol. The van der Waals surface area contributed by atoms with Gasteiger partial charge >= 0.3 is 0 Å². The number of nitrogens with one attached hydrogen (secondary N) is 1. The van der Waals surface area contributed by atoms with Gasteiger partial charge in [-0.1, -0.05) is 18.2 Å². The van der Waals surface area contributed by atoms with Crippen LogP contribution in [0.2, 0.25) is 0 Å². The second kappa shape index (κ2) is 7.11. The molecule has 1 aliphatic heterocycles. The van der Waals surface area contributed by atoms with Gasteiger partial charge in [0, 0.05) is 26.1 Å². The van der Waals surface area contributed by atoms with E-state index in [0.29, 0.717) is 13.1 Å². The summed E-state index contributed by atoms with van der Waals surface area (Å²) in [6, 6.07) is 7.84. The van der Waals surface area contributed by atoms with Crippen molar-refractivity contribution < 1.29 is 14.3 Å². The number of likely N-dealkylation sites (tertiary alicyclic amines) is 1. The van der Waals surface area contributed by atoms with Crippen molar-refractivity contribution in [1.82, 2.24) is 10.2 Å². The number of para-hydroxylation sites is 1. The highest BCUT2D eigenvalue weighted by Crippen LogP contribution is 2.17. The lowest BCUT2D eigenvalue weighted by atomic mass is 10.1. The molecule has 1 aliphatic rings. The van der Waals surface area contributed by atoms with Gasteiger partial charge < -0.3 is 15.0 Å². The van der Waals surface area contributed by atoms with Gasteiger partial charge in [-0.05, 0) is 31.4 Å². The van der Waals surface area contributed by atoms with Crippen LogP contribution < -0.4 is 10.1 Å². The zero-order valence-corrected chi connectivity index (χ0v) is 12.6. The van der Waals surface area contributed by atoms with Crippen LogP contribution >= 0.6 is 0 Å². The van der Waals surface area contributed by atoms with Crippen LogP contribution in [0, 0.1) is 6.92 Å². The molecule has 21 heavy (non-hydrogen) atoms. The van der Waals surface area contributed by atoms with Crippen molar-refractivity contribution in [2.45, 2.75) is 32.7 Å². The Morgan fingerprint density at radius 1 is 1.29 bits per heavy atom. The first-order chi connectivity index (χ1) is 10.1. The molecule has 2 amide bonds. The number of benzene rings is 1. The van der Waals surface area contributed by atoms with Crippen molar-refractivity contribution in [2.75, 3.05) is 19.7 Å². The lowest BCUT2D eigenvalue weighted by Gasteiger charge is -2.32. The van der Waals surface area contributed by atoms with Gasteiger partial charge in [-0.15, -0.1) is 0 Å². The van der Waals surface area contributed by atoms with Crippen LogP contribution in [0.5, 0.6) is 5.75 Å². The summed E-state index contributed by atoms with van der Waals surface area (Å²) in [7, 11) is 0. The quantitative estimate of drug-likeness (QED) is 0.914. The lowest BCUT2D eigenvalue weighted by Crippen LogP contribution is -2.47. The zero-order chi connectivity index (χ0) is 15.2. The van der Waals surface area contributed by atoms with Crippen molar-refractivity contribution >= 4 is 11.8 Å². The normalized spacial score (nSPS) is 15.6. The van der Waals surface area contributed by atoms with Gasteiger partial charge in [0.1, 0.15) is 5.75 Å². The molecule has 0 aliphatic carbocycles. The van der Waals surface area contributed by atoms with Crippen LogP contribution in [0.15, 0.2) is 24.3 Å². The first-order valence-electron chi connectivity index (χ1n) is 7.29. The molecular formula is C16H22N2O3. The average molecular weight is 290 g/mol. The maximum absolute atomic E-state index is 12.1. The first-order valence-corrected chi connectivity index (χ1v) is 7.29. The van der Waals surface area contributed by atoms with Gasteiger partial charge in [0.25, 0.3) is 5.91 Å². The van der Waals surface area contributed by atoms with Gasteiger partial charge in [-0.3, -0.25) is 9.59 Å². The summed E-state index contributed by atoms with van der Waals surface area (Å²) in [5.41, 5.74) is 1.02. The third-order valence-electron chi connectivity index (χ3n) is 3.70. The Kier molecular flexibility index (Phi) is 5.20. The summed E-state index contributed by atoms with van der Waals surface area (Å²) in [5.74, 6) is 0.737. The first kappa shape index (κ1) is 15.4. The Bertz CT molecular complexity index is 508. The molecule has 0 spiro atoms. The third-order valence-corrected chi connectivity index (χ3v) is 3.70. The summed E-state index contributed by atoms with van der Waals surface area (Å²) in [5, 5.41) is 2.90. The smallest absolute Gasteiger partial charge is 0.260 e. The number of nitrogens with zero attached hydrogens (tertiary/aromatic N) is 1. The predicted molar refractivity (Wildman–Crippen MR) is 80.1 cm³/mol. The van der Waals surface area contributed by atoms with E-state index in [2.05, 4.69) is 5.32 Å². The van der Waals surface area contributed by atoms with Crippen LogP contribution in [0.1, 0.15) is 25.3 Å². The van der Waals surface area contributed by atoms with Crippen molar-refractivity contribution in [3.05, 3.63) is 29.8 Å². The number of rotatable bonds is 4. The van der Waals surface area contributed by atoms with Crippen LogP contribution in [0.25, 0.3) is 0 Å². The number of hydrogen-bond acceptors (Lipinski definition) is 3. The Hall–Kier alpha value is -2.04. The Balaban J connectivity index is 1.77. The standard InChI is InChI=1S/C16H22N2O3/c1-12-5-3-4-6-15(12)21-11-16(20)18-9-7-14(8-10-18)17-13(2)19/h3-6,14H,7-11H2,1-2H3,(H,17,19). The van der Waals surface area contributed by atoms with Crippen molar-refractivity contribution in [1.29, 1.82) is 0 Å². The predicted octanol–water partition coefficient (Wildman–Crippen LogP) is 1.50. The fourth-order valence-corrected chi connectivity index (χ4v) is 2.51. The highest BCUT2D eigenvalue weighted by atomic mass is 16.5. The summed E-state index contributed by atoms with van der Waals surface area (Å²) in [6.07, 6.45) is 1.60. The molecule has 1 aromatic rings. The van der Waals surface area contributed by atoms with Crippen molar-refractivity contribution in [2.24, 2.45) is 0 Å². The topological polar surface area (TPSA) is 58.6 Å². The van der Waals surface area contributed by atoms with E-state index < -0.39 is 0 Å². The van der Waals surface area contributed by atoms with Crippen LogP contribution in [-0.4, -0.2) is 42.5 Å². The molecule has 0 saturated carbocycles. The molecule has 114 valence electrons. The molecule has 1 saturated heterocycles. The molecule has 1 fully saturated rings. The molecule has 0 unspecified atom stereocenters. The molecule has 2 rings (SSSR count). The van der Waals surface area contributed by atoms with Gasteiger partial charge in [0.05, 0.1) is 0 Å². The van der Waals surface area contributed by atoms with Crippen LogP contribution in [0.3, 0.4) is 0 Å².